The molecule has 1 rings (SSSR count). The molecular formula is C8H9ClOS. The third kappa shape index (κ3) is 2.33. The summed E-state index contributed by atoms with van der Waals surface area (Å²) < 4.78 is 0.763. The van der Waals surface area contributed by atoms with Gasteiger partial charge in [0.05, 0.1) is 4.34 Å². The van der Waals surface area contributed by atoms with Crippen LogP contribution in [0, 0.1) is 0 Å². The largest absolute Gasteiger partial charge is 0.396 e. The number of aliphatic hydroxyl groups excluding tert-OH is 1. The van der Waals surface area contributed by atoms with Crippen LogP contribution in [0.2, 0.25) is 4.34 Å². The molecule has 11 heavy (non-hydrogen) atoms. The molecule has 0 unspecified atom stereocenters. The van der Waals surface area contributed by atoms with Crippen LogP contribution in [0.5, 0.6) is 0 Å². The predicted molar refractivity (Wildman–Crippen MR) is 50.1 cm³/mol. The van der Waals surface area contributed by atoms with Crippen molar-refractivity contribution in [3.63, 3.8) is 0 Å². The van der Waals surface area contributed by atoms with Crippen LogP contribution >= 0.6 is 22.9 Å². The minimum absolute atomic E-state index is 0.147. The summed E-state index contributed by atoms with van der Waals surface area (Å²) in [6, 6.07) is 3.76. The second-order valence-electron chi connectivity index (χ2n) is 2.18. The molecule has 1 N–H and O–H groups in total. The fourth-order valence-electron chi connectivity index (χ4n) is 0.762. The van der Waals surface area contributed by atoms with E-state index in [0.717, 1.165) is 14.8 Å². The minimum atomic E-state index is 0.147. The zero-order valence-corrected chi connectivity index (χ0v) is 7.58. The summed E-state index contributed by atoms with van der Waals surface area (Å²) in [5.41, 5.74) is 0.949. The lowest BCUT2D eigenvalue weighted by Crippen LogP contribution is -1.83. The molecule has 0 saturated heterocycles. The van der Waals surface area contributed by atoms with E-state index in [1.165, 1.54) is 11.3 Å². The maximum Gasteiger partial charge on any atom is 0.0934 e. The fourth-order valence-corrected chi connectivity index (χ4v) is 1.80. The van der Waals surface area contributed by atoms with Gasteiger partial charge in [-0.3, -0.25) is 0 Å². The Balaban J connectivity index is 2.69. The predicted octanol–water partition coefficient (Wildman–Crippen LogP) is 2.80. The van der Waals surface area contributed by atoms with Crippen LogP contribution in [-0.4, -0.2) is 11.7 Å². The first-order valence-electron chi connectivity index (χ1n) is 3.28. The van der Waals surface area contributed by atoms with Gasteiger partial charge in [-0.1, -0.05) is 18.2 Å². The smallest absolute Gasteiger partial charge is 0.0934 e. The summed E-state index contributed by atoms with van der Waals surface area (Å²) in [5.74, 6) is 0. The molecule has 0 saturated carbocycles. The van der Waals surface area contributed by atoms with E-state index >= 15 is 0 Å². The zero-order chi connectivity index (χ0) is 8.27. The molecule has 1 nitrogen and oxygen atoms in total. The van der Waals surface area contributed by atoms with Crippen molar-refractivity contribution in [2.75, 3.05) is 6.61 Å². The standard InChI is InChI=1S/C8H9ClOS/c1-6(4-5-10)7-2-3-8(9)11-7/h2-3,10H,1,4-5H2. The lowest BCUT2D eigenvalue weighted by molar-refractivity contribution is 0.305. The molecule has 0 aliphatic heterocycles. The average Bonchev–Trinajstić information content (AvgIpc) is 2.36. The highest BCUT2D eigenvalue weighted by molar-refractivity contribution is 7.17. The molecule has 1 aromatic rings. The Bertz CT molecular complexity index is 254. The molecule has 0 fully saturated rings. The van der Waals surface area contributed by atoms with E-state index in [-0.39, 0.29) is 6.61 Å². The minimum Gasteiger partial charge on any atom is -0.396 e. The highest BCUT2D eigenvalue weighted by Gasteiger charge is 2.00. The van der Waals surface area contributed by atoms with Crippen molar-refractivity contribution >= 4 is 28.5 Å². The van der Waals surface area contributed by atoms with Crippen molar-refractivity contribution in [1.29, 1.82) is 0 Å². The van der Waals surface area contributed by atoms with Crippen molar-refractivity contribution in [2.45, 2.75) is 6.42 Å². The van der Waals surface area contributed by atoms with Gasteiger partial charge in [0.2, 0.25) is 0 Å². The van der Waals surface area contributed by atoms with Crippen LogP contribution in [0.25, 0.3) is 5.57 Å². The Kier molecular flexibility index (Phi) is 3.12. The van der Waals surface area contributed by atoms with E-state index in [1.807, 2.05) is 12.1 Å². The van der Waals surface area contributed by atoms with E-state index < -0.39 is 0 Å². The molecule has 0 bridgehead atoms. The molecule has 1 heterocycles. The highest BCUT2D eigenvalue weighted by atomic mass is 35.5. The number of aliphatic hydroxyl groups is 1. The monoisotopic (exact) mass is 188 g/mol. The van der Waals surface area contributed by atoms with Crippen LogP contribution < -0.4 is 0 Å². The molecule has 0 spiro atoms. The second kappa shape index (κ2) is 3.90. The Labute approximate surface area is 74.9 Å². The Morgan fingerprint density at radius 3 is 2.82 bits per heavy atom. The molecule has 60 valence electrons. The van der Waals surface area contributed by atoms with Crippen LogP contribution in [-0.2, 0) is 0 Å². The number of hydrogen-bond donors (Lipinski definition) is 1. The van der Waals surface area contributed by atoms with Crippen molar-refractivity contribution < 1.29 is 5.11 Å². The third-order valence-corrected chi connectivity index (χ3v) is 2.67. The van der Waals surface area contributed by atoms with Crippen molar-refractivity contribution in [1.82, 2.24) is 0 Å². The van der Waals surface area contributed by atoms with Crippen LogP contribution in [0.15, 0.2) is 18.7 Å². The van der Waals surface area contributed by atoms with Gasteiger partial charge in [-0.25, -0.2) is 0 Å². The molecule has 0 aliphatic rings. The molecular weight excluding hydrogens is 180 g/mol. The normalized spacial score (nSPS) is 10.0. The summed E-state index contributed by atoms with van der Waals surface area (Å²) >= 11 is 7.21. The van der Waals surface area contributed by atoms with E-state index in [0.29, 0.717) is 6.42 Å². The van der Waals surface area contributed by atoms with Gasteiger partial charge in [-0.05, 0) is 24.1 Å². The fraction of sp³-hybridized carbons (Fsp3) is 0.250. The Morgan fingerprint density at radius 2 is 2.36 bits per heavy atom. The lowest BCUT2D eigenvalue weighted by Gasteiger charge is -1.97. The second-order valence-corrected chi connectivity index (χ2v) is 3.90. The number of rotatable bonds is 3. The molecule has 0 amide bonds. The maximum atomic E-state index is 8.62. The van der Waals surface area contributed by atoms with Crippen molar-refractivity contribution in [3.8, 4) is 0 Å². The quantitative estimate of drug-likeness (QED) is 0.774. The zero-order valence-electron chi connectivity index (χ0n) is 6.01. The molecule has 3 heteroatoms. The van der Waals surface area contributed by atoms with Crippen molar-refractivity contribution in [3.05, 3.63) is 27.9 Å². The summed E-state index contributed by atoms with van der Waals surface area (Å²) in [5, 5.41) is 8.62. The number of hydrogen-bond acceptors (Lipinski definition) is 2. The summed E-state index contributed by atoms with van der Waals surface area (Å²) in [7, 11) is 0. The molecule has 1 aromatic heterocycles. The van der Waals surface area contributed by atoms with E-state index in [4.69, 9.17) is 16.7 Å². The molecule has 0 aromatic carbocycles. The van der Waals surface area contributed by atoms with E-state index in [1.54, 1.807) is 0 Å². The van der Waals surface area contributed by atoms with Gasteiger partial charge in [0.25, 0.3) is 0 Å². The van der Waals surface area contributed by atoms with Crippen LogP contribution in [0.3, 0.4) is 0 Å². The van der Waals surface area contributed by atoms with Crippen molar-refractivity contribution in [2.24, 2.45) is 0 Å². The number of halogens is 1. The Morgan fingerprint density at radius 1 is 1.64 bits per heavy atom. The van der Waals surface area contributed by atoms with E-state index in [2.05, 4.69) is 6.58 Å². The molecule has 0 radical (unpaired) electrons. The lowest BCUT2D eigenvalue weighted by atomic mass is 10.2. The van der Waals surface area contributed by atoms with Gasteiger partial charge in [-0.15, -0.1) is 11.3 Å². The van der Waals surface area contributed by atoms with Gasteiger partial charge in [0, 0.05) is 11.5 Å². The molecule has 0 atom stereocenters. The third-order valence-electron chi connectivity index (χ3n) is 1.34. The van der Waals surface area contributed by atoms with E-state index in [9.17, 15) is 0 Å². The van der Waals surface area contributed by atoms with Crippen LogP contribution in [0.4, 0.5) is 0 Å². The highest BCUT2D eigenvalue weighted by Crippen LogP contribution is 2.27. The summed E-state index contributed by atoms with van der Waals surface area (Å²) in [4.78, 5) is 1.06. The number of thiophene rings is 1. The molecule has 0 aliphatic carbocycles. The van der Waals surface area contributed by atoms with Gasteiger partial charge < -0.3 is 5.11 Å². The first-order chi connectivity index (χ1) is 5.24. The van der Waals surface area contributed by atoms with Gasteiger partial charge in [-0.2, -0.15) is 0 Å². The van der Waals surface area contributed by atoms with Gasteiger partial charge in [0.15, 0.2) is 0 Å². The summed E-state index contributed by atoms with van der Waals surface area (Å²) in [6.45, 7) is 3.97. The summed E-state index contributed by atoms with van der Waals surface area (Å²) in [6.07, 6.45) is 0.622. The Hall–Kier alpha value is -0.310. The van der Waals surface area contributed by atoms with Gasteiger partial charge >= 0.3 is 0 Å². The maximum absolute atomic E-state index is 8.62. The first kappa shape index (κ1) is 8.78. The van der Waals surface area contributed by atoms with Crippen LogP contribution in [0.1, 0.15) is 11.3 Å². The van der Waals surface area contributed by atoms with Gasteiger partial charge in [0.1, 0.15) is 0 Å². The average molecular weight is 189 g/mol. The SMILES string of the molecule is C=C(CCO)c1ccc(Cl)s1. The first-order valence-corrected chi connectivity index (χ1v) is 4.48. The topological polar surface area (TPSA) is 20.2 Å².